The van der Waals surface area contributed by atoms with Gasteiger partial charge in [-0.1, -0.05) is 43.3 Å². The summed E-state index contributed by atoms with van der Waals surface area (Å²) in [7, 11) is 1.48. The van der Waals surface area contributed by atoms with Gasteiger partial charge in [-0.2, -0.15) is 0 Å². The summed E-state index contributed by atoms with van der Waals surface area (Å²) in [5.74, 6) is 0.252. The average Bonchev–Trinajstić information content (AvgIpc) is 3.33. The predicted octanol–water partition coefficient (Wildman–Crippen LogP) is 6.04. The maximum atomic E-state index is 12.7. The van der Waals surface area contributed by atoms with Crippen LogP contribution in [0.25, 0.3) is 22.3 Å². The van der Waals surface area contributed by atoms with Crippen molar-refractivity contribution in [2.75, 3.05) is 13.6 Å². The third-order valence-electron chi connectivity index (χ3n) is 7.12. The molecule has 0 bridgehead atoms. The van der Waals surface area contributed by atoms with E-state index in [1.807, 2.05) is 67.6 Å². The molecule has 0 saturated carbocycles. The predicted molar refractivity (Wildman–Crippen MR) is 146 cm³/mol. The molecule has 4 aromatic carbocycles. The summed E-state index contributed by atoms with van der Waals surface area (Å²) in [4.78, 5) is 52.1. The molecule has 0 radical (unpaired) electrons. The van der Waals surface area contributed by atoms with E-state index in [0.717, 1.165) is 33.6 Å². The van der Waals surface area contributed by atoms with E-state index in [9.17, 15) is 19.2 Å². The lowest BCUT2D eigenvalue weighted by Gasteiger charge is -2.11. The van der Waals surface area contributed by atoms with Gasteiger partial charge in [0.25, 0.3) is 23.6 Å². The van der Waals surface area contributed by atoms with Crippen molar-refractivity contribution >= 4 is 23.6 Å². The highest BCUT2D eigenvalue weighted by molar-refractivity contribution is 6.22. The number of carbonyl (C=O) groups is 4. The van der Waals surface area contributed by atoms with Gasteiger partial charge in [0.15, 0.2) is 0 Å². The smallest absolute Gasteiger partial charge is 0.261 e. The second kappa shape index (κ2) is 9.36. The van der Waals surface area contributed by atoms with Crippen LogP contribution in [-0.4, -0.2) is 47.0 Å². The number of ether oxygens (including phenoxy) is 1. The number of amides is 4. The molecule has 192 valence electrons. The Morgan fingerprint density at radius 3 is 1.46 bits per heavy atom. The molecule has 2 aliphatic rings. The molecule has 0 unspecified atom stereocenters. The number of benzene rings is 4. The molecule has 0 aromatic heterocycles. The van der Waals surface area contributed by atoms with Crippen molar-refractivity contribution in [3.05, 3.63) is 107 Å². The van der Waals surface area contributed by atoms with Crippen LogP contribution in [0, 0.1) is 0 Å². The van der Waals surface area contributed by atoms with E-state index < -0.39 is 0 Å². The number of hydrogen-bond acceptors (Lipinski definition) is 5. The van der Waals surface area contributed by atoms with Crippen LogP contribution < -0.4 is 4.74 Å². The minimum Gasteiger partial charge on any atom is -0.457 e. The molecule has 0 spiro atoms. The van der Waals surface area contributed by atoms with Crippen LogP contribution >= 0.6 is 0 Å². The van der Waals surface area contributed by atoms with E-state index in [4.69, 9.17) is 4.74 Å². The molecule has 4 amide bonds. The fourth-order valence-corrected chi connectivity index (χ4v) is 5.00. The Kier molecular flexibility index (Phi) is 5.84. The zero-order valence-electron chi connectivity index (χ0n) is 21.4. The van der Waals surface area contributed by atoms with Gasteiger partial charge in [0, 0.05) is 13.6 Å². The summed E-state index contributed by atoms with van der Waals surface area (Å²) in [5, 5.41) is 0. The van der Waals surface area contributed by atoms with Crippen molar-refractivity contribution < 1.29 is 23.9 Å². The third kappa shape index (κ3) is 4.08. The van der Waals surface area contributed by atoms with Crippen LogP contribution in [0.5, 0.6) is 11.5 Å². The van der Waals surface area contributed by atoms with Crippen LogP contribution in [0.1, 0.15) is 54.8 Å². The van der Waals surface area contributed by atoms with Crippen LogP contribution in [-0.2, 0) is 0 Å². The molecule has 0 N–H and O–H groups in total. The normalized spacial score (nSPS) is 14.2. The molecular formula is C32H24N2O5. The van der Waals surface area contributed by atoms with Crippen LogP contribution in [0.15, 0.2) is 84.9 Å². The Hall–Kier alpha value is -5.04. The summed E-state index contributed by atoms with van der Waals surface area (Å²) in [6.07, 6.45) is 0.720. The molecule has 39 heavy (non-hydrogen) atoms. The molecule has 0 saturated heterocycles. The van der Waals surface area contributed by atoms with E-state index in [2.05, 4.69) is 0 Å². The molecule has 6 rings (SSSR count). The van der Waals surface area contributed by atoms with Crippen LogP contribution in [0.4, 0.5) is 0 Å². The summed E-state index contributed by atoms with van der Waals surface area (Å²) in [6, 6.07) is 25.7. The molecule has 4 aromatic rings. The zero-order valence-corrected chi connectivity index (χ0v) is 21.4. The van der Waals surface area contributed by atoms with Crippen molar-refractivity contribution in [1.82, 2.24) is 9.80 Å². The lowest BCUT2D eigenvalue weighted by Crippen LogP contribution is -2.30. The van der Waals surface area contributed by atoms with Crippen molar-refractivity contribution in [3.8, 4) is 33.8 Å². The largest absolute Gasteiger partial charge is 0.457 e. The minimum atomic E-state index is -0.293. The van der Waals surface area contributed by atoms with Crippen molar-refractivity contribution in [2.45, 2.75) is 13.3 Å². The van der Waals surface area contributed by atoms with E-state index >= 15 is 0 Å². The average molecular weight is 517 g/mol. The fourth-order valence-electron chi connectivity index (χ4n) is 5.00. The Morgan fingerprint density at radius 1 is 0.538 bits per heavy atom. The second-order valence-electron chi connectivity index (χ2n) is 9.60. The Balaban J connectivity index is 1.17. The monoisotopic (exact) mass is 516 g/mol. The fraction of sp³-hybridized carbons (Fsp3) is 0.125. The molecule has 0 fully saturated rings. The van der Waals surface area contributed by atoms with E-state index in [1.165, 1.54) is 11.9 Å². The molecule has 0 aliphatic carbocycles. The number of carbonyl (C=O) groups excluding carboxylic acids is 4. The molecule has 7 heteroatoms. The highest BCUT2D eigenvalue weighted by Crippen LogP contribution is 2.32. The molecule has 0 atom stereocenters. The zero-order chi connectivity index (χ0) is 27.3. The summed E-state index contributed by atoms with van der Waals surface area (Å²) in [5.41, 5.74) is 5.23. The van der Waals surface area contributed by atoms with Gasteiger partial charge in [-0.15, -0.1) is 0 Å². The van der Waals surface area contributed by atoms with Gasteiger partial charge in [0.2, 0.25) is 0 Å². The number of nitrogens with zero attached hydrogens (tertiary/aromatic N) is 2. The maximum Gasteiger partial charge on any atom is 0.261 e. The summed E-state index contributed by atoms with van der Waals surface area (Å²) in [6.45, 7) is 2.35. The topological polar surface area (TPSA) is 84.0 Å². The maximum absolute atomic E-state index is 12.7. The Labute approximate surface area is 225 Å². The van der Waals surface area contributed by atoms with Crippen molar-refractivity contribution in [2.24, 2.45) is 0 Å². The first-order chi connectivity index (χ1) is 18.9. The van der Waals surface area contributed by atoms with E-state index in [0.29, 0.717) is 40.3 Å². The quantitative estimate of drug-likeness (QED) is 0.292. The molecule has 2 heterocycles. The first-order valence-electron chi connectivity index (χ1n) is 12.7. The van der Waals surface area contributed by atoms with Gasteiger partial charge >= 0.3 is 0 Å². The van der Waals surface area contributed by atoms with Crippen LogP contribution in [0.2, 0.25) is 0 Å². The number of hydrogen-bond donors (Lipinski definition) is 0. The highest BCUT2D eigenvalue weighted by atomic mass is 16.5. The molecular weight excluding hydrogens is 492 g/mol. The minimum absolute atomic E-state index is 0.231. The van der Waals surface area contributed by atoms with Crippen molar-refractivity contribution in [1.29, 1.82) is 0 Å². The number of rotatable bonds is 6. The van der Waals surface area contributed by atoms with E-state index in [-0.39, 0.29) is 23.6 Å². The van der Waals surface area contributed by atoms with Gasteiger partial charge in [-0.05, 0) is 77.2 Å². The number of imide groups is 2. The first-order valence-corrected chi connectivity index (χ1v) is 12.7. The summed E-state index contributed by atoms with van der Waals surface area (Å²) >= 11 is 0. The first kappa shape index (κ1) is 24.3. The van der Waals surface area contributed by atoms with Gasteiger partial charge in [0.05, 0.1) is 22.3 Å². The van der Waals surface area contributed by atoms with E-state index in [1.54, 1.807) is 24.3 Å². The van der Waals surface area contributed by atoms with Gasteiger partial charge in [-0.3, -0.25) is 29.0 Å². The Morgan fingerprint density at radius 2 is 0.949 bits per heavy atom. The summed E-state index contributed by atoms with van der Waals surface area (Å²) < 4.78 is 6.01. The Bertz CT molecular complexity index is 1670. The third-order valence-corrected chi connectivity index (χ3v) is 7.12. The molecule has 2 aliphatic heterocycles. The second-order valence-corrected chi connectivity index (χ2v) is 9.60. The van der Waals surface area contributed by atoms with Gasteiger partial charge in [-0.25, -0.2) is 0 Å². The lowest BCUT2D eigenvalue weighted by molar-refractivity contribution is 0.0649. The highest BCUT2D eigenvalue weighted by Gasteiger charge is 2.35. The SMILES string of the molecule is CCCN1C(=O)c2ccc(-c3ccc(Oc4ccc(-c5ccc6c(c5)C(=O)N(C)C6=O)cc4)cc3)cc2C1=O. The number of fused-ring (bicyclic) bond motifs is 2. The van der Waals surface area contributed by atoms with Crippen LogP contribution in [0.3, 0.4) is 0 Å². The standard InChI is InChI=1S/C32H24N2O5/c1-3-16-34-31(37)26-15-9-22(18-28(26)32(34)38)20-6-12-24(13-7-20)39-23-10-4-19(5-11-23)21-8-14-25-27(17-21)30(36)33(2)29(25)35/h4-15,17-18H,3,16H2,1-2H3. The van der Waals surface area contributed by atoms with Gasteiger partial charge < -0.3 is 4.74 Å². The molecule has 7 nitrogen and oxygen atoms in total. The van der Waals surface area contributed by atoms with Crippen molar-refractivity contribution in [3.63, 3.8) is 0 Å². The van der Waals surface area contributed by atoms with Gasteiger partial charge in [0.1, 0.15) is 11.5 Å². The lowest BCUT2D eigenvalue weighted by atomic mass is 10.00.